The summed E-state index contributed by atoms with van der Waals surface area (Å²) >= 11 is 0. The molecule has 138 valence electrons. The molecule has 2 aromatic rings. The summed E-state index contributed by atoms with van der Waals surface area (Å²) in [6.45, 7) is 5.30. The third-order valence-corrected chi connectivity index (χ3v) is 4.97. The van der Waals surface area contributed by atoms with E-state index in [4.69, 9.17) is 10.2 Å². The van der Waals surface area contributed by atoms with Crippen molar-refractivity contribution in [3.8, 4) is 0 Å². The van der Waals surface area contributed by atoms with Gasteiger partial charge in [0.25, 0.3) is 11.8 Å². The number of nitrogens with one attached hydrogen (secondary N) is 1. The van der Waals surface area contributed by atoms with Crippen LogP contribution in [0.25, 0.3) is 0 Å². The molecule has 3 rings (SSSR count). The number of nitrogens with two attached hydrogens (primary N) is 1. The Kier molecular flexibility index (Phi) is 5.42. The quantitative estimate of drug-likeness (QED) is 0.882. The van der Waals surface area contributed by atoms with E-state index >= 15 is 0 Å². The molecule has 0 saturated carbocycles. The summed E-state index contributed by atoms with van der Waals surface area (Å²) in [4.78, 5) is 27.0. The smallest absolute Gasteiger partial charge is 0.291 e. The molecule has 26 heavy (non-hydrogen) atoms. The van der Waals surface area contributed by atoms with Gasteiger partial charge in [-0.2, -0.15) is 0 Å². The summed E-state index contributed by atoms with van der Waals surface area (Å²) in [6.07, 6.45) is 3.47. The fraction of sp³-hybridized carbons (Fsp3) is 0.400. The molecule has 1 fully saturated rings. The van der Waals surface area contributed by atoms with Crippen LogP contribution in [0.15, 0.2) is 41.0 Å². The Balaban J connectivity index is 1.76. The monoisotopic (exact) mass is 355 g/mol. The first-order chi connectivity index (χ1) is 12.5. The predicted octanol–water partition coefficient (Wildman–Crippen LogP) is 3.04. The summed E-state index contributed by atoms with van der Waals surface area (Å²) in [5.74, 6) is 0.203. The maximum absolute atomic E-state index is 12.9. The molecule has 0 spiro atoms. The predicted molar refractivity (Wildman–Crippen MR) is 100 cm³/mol. The van der Waals surface area contributed by atoms with Crippen molar-refractivity contribution in [1.82, 2.24) is 4.90 Å². The van der Waals surface area contributed by atoms with Crippen LogP contribution < -0.4 is 11.1 Å². The molecule has 2 atom stereocenters. The first-order valence-electron chi connectivity index (χ1n) is 8.96. The third kappa shape index (κ3) is 3.96. The zero-order chi connectivity index (χ0) is 18.7. The lowest BCUT2D eigenvalue weighted by molar-refractivity contribution is 0.0660. The lowest BCUT2D eigenvalue weighted by Gasteiger charge is -2.34. The van der Waals surface area contributed by atoms with Crippen LogP contribution in [-0.2, 0) is 0 Å². The minimum absolute atomic E-state index is 0.0242. The minimum Gasteiger partial charge on any atom is -0.459 e. The van der Waals surface area contributed by atoms with Gasteiger partial charge in [0.1, 0.15) is 0 Å². The molecule has 6 heteroatoms. The van der Waals surface area contributed by atoms with Crippen LogP contribution in [0.1, 0.15) is 46.2 Å². The normalized spacial score (nSPS) is 18.4. The Labute approximate surface area is 153 Å². The number of aryl methyl sites for hydroxylation is 1. The molecule has 2 heterocycles. The molecular weight excluding hydrogens is 330 g/mol. The maximum Gasteiger partial charge on any atom is 0.291 e. The molecule has 1 aromatic carbocycles. The number of carbonyl (C=O) groups excluding carboxylic acids is 2. The first-order valence-corrected chi connectivity index (χ1v) is 8.96. The molecule has 1 saturated heterocycles. The van der Waals surface area contributed by atoms with Crippen LogP contribution in [0.5, 0.6) is 0 Å². The highest BCUT2D eigenvalue weighted by Crippen LogP contribution is 2.23. The lowest BCUT2D eigenvalue weighted by Crippen LogP contribution is -2.45. The highest BCUT2D eigenvalue weighted by molar-refractivity contribution is 6.03. The van der Waals surface area contributed by atoms with Gasteiger partial charge >= 0.3 is 0 Å². The molecule has 0 radical (unpaired) electrons. The van der Waals surface area contributed by atoms with Crippen molar-refractivity contribution in [1.29, 1.82) is 0 Å². The number of benzene rings is 1. The highest BCUT2D eigenvalue weighted by Gasteiger charge is 2.26. The van der Waals surface area contributed by atoms with Gasteiger partial charge in [-0.1, -0.05) is 6.07 Å². The van der Waals surface area contributed by atoms with E-state index in [1.165, 1.54) is 6.26 Å². The molecule has 1 aliphatic rings. The Hall–Kier alpha value is -2.60. The van der Waals surface area contributed by atoms with Crippen LogP contribution in [0.4, 0.5) is 5.69 Å². The summed E-state index contributed by atoms with van der Waals surface area (Å²) in [5, 5.41) is 2.81. The number of likely N-dealkylation sites (tertiary alicyclic amines) is 1. The second-order valence-electron chi connectivity index (χ2n) is 6.97. The Morgan fingerprint density at radius 1 is 1.35 bits per heavy atom. The van der Waals surface area contributed by atoms with Crippen molar-refractivity contribution in [3.63, 3.8) is 0 Å². The summed E-state index contributed by atoms with van der Waals surface area (Å²) in [6, 6.07) is 8.71. The molecule has 1 aromatic heterocycles. The Bertz CT molecular complexity index is 784. The van der Waals surface area contributed by atoms with E-state index in [1.807, 2.05) is 24.8 Å². The summed E-state index contributed by atoms with van der Waals surface area (Å²) in [5.41, 5.74) is 8.08. The van der Waals surface area contributed by atoms with E-state index in [0.29, 0.717) is 23.7 Å². The topological polar surface area (TPSA) is 88.6 Å². The fourth-order valence-corrected chi connectivity index (χ4v) is 3.29. The summed E-state index contributed by atoms with van der Waals surface area (Å²) in [7, 11) is 0. The van der Waals surface area contributed by atoms with Crippen molar-refractivity contribution in [2.45, 2.75) is 32.7 Å². The second kappa shape index (κ2) is 7.74. The molecule has 1 aliphatic heterocycles. The van der Waals surface area contributed by atoms with Crippen molar-refractivity contribution in [2.24, 2.45) is 11.7 Å². The van der Waals surface area contributed by atoms with Gasteiger partial charge in [-0.3, -0.25) is 9.59 Å². The number of nitrogens with zero attached hydrogens (tertiary/aromatic N) is 1. The molecule has 3 N–H and O–H groups in total. The average molecular weight is 355 g/mol. The molecule has 2 amide bonds. The van der Waals surface area contributed by atoms with Gasteiger partial charge in [-0.05, 0) is 62.4 Å². The fourth-order valence-electron chi connectivity index (χ4n) is 3.29. The van der Waals surface area contributed by atoms with Crippen molar-refractivity contribution >= 4 is 17.5 Å². The SMILES string of the molecule is Cc1ccc(C(=O)N2CCCC(C(C)N)C2)cc1NC(=O)c1ccco1. The van der Waals surface area contributed by atoms with Gasteiger partial charge in [0.2, 0.25) is 0 Å². The van der Waals surface area contributed by atoms with E-state index < -0.39 is 0 Å². The summed E-state index contributed by atoms with van der Waals surface area (Å²) < 4.78 is 5.12. The first kappa shape index (κ1) is 18.2. The molecule has 0 bridgehead atoms. The van der Waals surface area contributed by atoms with Crippen molar-refractivity contribution in [3.05, 3.63) is 53.5 Å². The molecular formula is C20H25N3O3. The average Bonchev–Trinajstić information content (AvgIpc) is 3.18. The molecule has 6 nitrogen and oxygen atoms in total. The van der Waals surface area contributed by atoms with Gasteiger partial charge in [-0.15, -0.1) is 0 Å². The third-order valence-electron chi connectivity index (χ3n) is 4.97. The van der Waals surface area contributed by atoms with Crippen LogP contribution in [0.2, 0.25) is 0 Å². The standard InChI is InChI=1S/C20H25N3O3/c1-13-7-8-15(11-17(13)22-19(24)18-6-4-10-26-18)20(25)23-9-3-5-16(12-23)14(2)21/h4,6-8,10-11,14,16H,3,5,9,12,21H2,1-2H3,(H,22,24). The number of furan rings is 1. The number of amides is 2. The van der Waals surface area contributed by atoms with Crippen molar-refractivity contribution in [2.75, 3.05) is 18.4 Å². The van der Waals surface area contributed by atoms with E-state index in [2.05, 4.69) is 5.32 Å². The van der Waals surface area contributed by atoms with Crippen LogP contribution >= 0.6 is 0 Å². The number of hydrogen-bond acceptors (Lipinski definition) is 4. The minimum atomic E-state index is -0.335. The Morgan fingerprint density at radius 3 is 2.85 bits per heavy atom. The van der Waals surface area contributed by atoms with E-state index in [1.54, 1.807) is 24.3 Å². The highest BCUT2D eigenvalue weighted by atomic mass is 16.3. The number of hydrogen-bond donors (Lipinski definition) is 2. The van der Waals surface area contributed by atoms with Gasteiger partial charge in [-0.25, -0.2) is 0 Å². The van der Waals surface area contributed by atoms with Gasteiger partial charge in [0, 0.05) is 30.4 Å². The second-order valence-corrected chi connectivity index (χ2v) is 6.97. The number of anilines is 1. The van der Waals surface area contributed by atoms with Gasteiger partial charge < -0.3 is 20.4 Å². The lowest BCUT2D eigenvalue weighted by atomic mass is 9.92. The Morgan fingerprint density at radius 2 is 2.15 bits per heavy atom. The zero-order valence-corrected chi connectivity index (χ0v) is 15.2. The van der Waals surface area contributed by atoms with Crippen LogP contribution in [0, 0.1) is 12.8 Å². The van der Waals surface area contributed by atoms with Crippen molar-refractivity contribution < 1.29 is 14.0 Å². The number of piperidine rings is 1. The largest absolute Gasteiger partial charge is 0.459 e. The van der Waals surface area contributed by atoms with Crippen LogP contribution in [-0.4, -0.2) is 35.8 Å². The molecule has 2 unspecified atom stereocenters. The number of carbonyl (C=O) groups is 2. The number of rotatable bonds is 4. The van der Waals surface area contributed by atoms with E-state index in [0.717, 1.165) is 24.9 Å². The van der Waals surface area contributed by atoms with Crippen LogP contribution in [0.3, 0.4) is 0 Å². The van der Waals surface area contributed by atoms with E-state index in [9.17, 15) is 9.59 Å². The maximum atomic E-state index is 12.9. The van der Waals surface area contributed by atoms with Gasteiger partial charge in [0.05, 0.1) is 6.26 Å². The molecule has 0 aliphatic carbocycles. The zero-order valence-electron chi connectivity index (χ0n) is 15.2. The van der Waals surface area contributed by atoms with E-state index in [-0.39, 0.29) is 23.6 Å². The van der Waals surface area contributed by atoms with Gasteiger partial charge in [0.15, 0.2) is 5.76 Å².